The van der Waals surface area contributed by atoms with Gasteiger partial charge in [-0.05, 0) is 18.6 Å². The monoisotopic (exact) mass is 185 g/mol. The van der Waals surface area contributed by atoms with Crippen molar-refractivity contribution in [3.8, 4) is 0 Å². The van der Waals surface area contributed by atoms with Gasteiger partial charge in [0.15, 0.2) is 0 Å². The van der Waals surface area contributed by atoms with Crippen molar-refractivity contribution >= 4 is 17.7 Å². The van der Waals surface area contributed by atoms with E-state index in [4.69, 9.17) is 17.0 Å². The van der Waals surface area contributed by atoms with Crippen LogP contribution >= 0.6 is 11.8 Å². The van der Waals surface area contributed by atoms with Gasteiger partial charge in [-0.3, -0.25) is 10.0 Å². The number of hydrogen-bond donors (Lipinski definition) is 1. The Labute approximate surface area is 75.2 Å². The molecular weight excluding hydrogens is 178 g/mol. The van der Waals surface area contributed by atoms with Gasteiger partial charge >= 0.3 is 0 Å². The molecule has 0 atom stereocenters. The van der Waals surface area contributed by atoms with Gasteiger partial charge in [-0.15, -0.1) is 4.58 Å². The number of rotatable bonds is 1. The summed E-state index contributed by atoms with van der Waals surface area (Å²) in [5.41, 5.74) is 1.18. The van der Waals surface area contributed by atoms with Crippen molar-refractivity contribution in [1.29, 1.82) is 0 Å². The standard InChI is InChI=1S/C8H8ClNO2/c1-6-4-2-3-5-7(6)8(11)10(9)12/h2-5,12H,1H3. The molecule has 0 fully saturated rings. The number of nitrogens with zero attached hydrogens (tertiary/aromatic N) is 1. The van der Waals surface area contributed by atoms with Gasteiger partial charge in [0.1, 0.15) is 0 Å². The number of hydroxylamine groups is 1. The third-order valence-corrected chi connectivity index (χ3v) is 1.70. The maximum Gasteiger partial charge on any atom is 0.292 e. The Balaban J connectivity index is 3.03. The normalized spacial score (nSPS) is 9.58. The van der Waals surface area contributed by atoms with Crippen LogP contribution in [0.15, 0.2) is 24.3 Å². The summed E-state index contributed by atoms with van der Waals surface area (Å²) in [7, 11) is 0. The minimum absolute atomic E-state index is 0.0579. The molecule has 12 heavy (non-hydrogen) atoms. The lowest BCUT2D eigenvalue weighted by Gasteiger charge is -2.06. The van der Waals surface area contributed by atoms with Gasteiger partial charge in [-0.2, -0.15) is 0 Å². The Morgan fingerprint density at radius 2 is 2.08 bits per heavy atom. The molecule has 1 amide bonds. The first-order valence-electron chi connectivity index (χ1n) is 3.37. The van der Waals surface area contributed by atoms with Crippen LogP contribution in [0, 0.1) is 6.92 Å². The maximum atomic E-state index is 11.1. The zero-order valence-electron chi connectivity index (χ0n) is 6.49. The lowest BCUT2D eigenvalue weighted by Crippen LogP contribution is -2.17. The van der Waals surface area contributed by atoms with Crippen molar-refractivity contribution in [3.63, 3.8) is 0 Å². The summed E-state index contributed by atoms with van der Waals surface area (Å²) < 4.78 is 0.0579. The van der Waals surface area contributed by atoms with Crippen LogP contribution in [0.5, 0.6) is 0 Å². The number of benzene rings is 1. The van der Waals surface area contributed by atoms with Crippen LogP contribution in [0.4, 0.5) is 0 Å². The van der Waals surface area contributed by atoms with E-state index < -0.39 is 5.91 Å². The summed E-state index contributed by atoms with van der Waals surface area (Å²) in [4.78, 5) is 11.1. The van der Waals surface area contributed by atoms with Crippen LogP contribution in [0.2, 0.25) is 0 Å². The van der Waals surface area contributed by atoms with Gasteiger partial charge in [0, 0.05) is 17.3 Å². The highest BCUT2D eigenvalue weighted by atomic mass is 35.5. The van der Waals surface area contributed by atoms with Gasteiger partial charge in [0.25, 0.3) is 5.91 Å². The van der Waals surface area contributed by atoms with Gasteiger partial charge < -0.3 is 0 Å². The van der Waals surface area contributed by atoms with Crippen molar-refractivity contribution in [1.82, 2.24) is 4.58 Å². The third kappa shape index (κ3) is 1.75. The number of aryl methyl sites for hydroxylation is 1. The Morgan fingerprint density at radius 1 is 1.50 bits per heavy atom. The van der Waals surface area contributed by atoms with Crippen molar-refractivity contribution < 1.29 is 10.0 Å². The molecule has 0 aliphatic carbocycles. The molecule has 4 heteroatoms. The topological polar surface area (TPSA) is 40.5 Å². The molecule has 0 aromatic heterocycles. The van der Waals surface area contributed by atoms with Crippen molar-refractivity contribution in [2.45, 2.75) is 6.92 Å². The second-order valence-electron chi connectivity index (χ2n) is 2.38. The maximum absolute atomic E-state index is 11.1. The molecule has 64 valence electrons. The molecule has 1 N–H and O–H groups in total. The first-order chi connectivity index (χ1) is 5.63. The number of amides is 1. The molecule has 0 spiro atoms. The van der Waals surface area contributed by atoms with Gasteiger partial charge in [-0.1, -0.05) is 18.2 Å². The predicted octanol–water partition coefficient (Wildman–Crippen LogP) is 1.98. The Kier molecular flexibility index (Phi) is 2.68. The fourth-order valence-electron chi connectivity index (χ4n) is 0.912. The lowest BCUT2D eigenvalue weighted by molar-refractivity contribution is 0.00917. The van der Waals surface area contributed by atoms with Crippen LogP contribution in [-0.2, 0) is 0 Å². The average molecular weight is 186 g/mol. The molecule has 0 bridgehead atoms. The first-order valence-corrected chi connectivity index (χ1v) is 3.71. The zero-order chi connectivity index (χ0) is 9.14. The van der Waals surface area contributed by atoms with E-state index in [1.165, 1.54) is 0 Å². The van der Waals surface area contributed by atoms with Gasteiger partial charge in [-0.25, -0.2) is 0 Å². The SMILES string of the molecule is Cc1ccccc1C(=O)N(O)Cl. The number of halogens is 1. The molecule has 0 heterocycles. The first kappa shape index (κ1) is 9.03. The van der Waals surface area contributed by atoms with E-state index in [-0.39, 0.29) is 4.58 Å². The van der Waals surface area contributed by atoms with Crippen LogP contribution in [0.3, 0.4) is 0 Å². The highest BCUT2D eigenvalue weighted by Crippen LogP contribution is 2.10. The minimum Gasteiger partial charge on any atom is -0.270 e. The molecule has 3 nitrogen and oxygen atoms in total. The summed E-state index contributed by atoms with van der Waals surface area (Å²) in [6, 6.07) is 6.89. The van der Waals surface area contributed by atoms with E-state index in [0.29, 0.717) is 5.56 Å². The van der Waals surface area contributed by atoms with E-state index in [9.17, 15) is 4.79 Å². The van der Waals surface area contributed by atoms with Gasteiger partial charge in [0.2, 0.25) is 0 Å². The average Bonchev–Trinajstić information content (AvgIpc) is 2.04. The molecule has 0 unspecified atom stereocenters. The second-order valence-corrected chi connectivity index (χ2v) is 2.70. The molecule has 0 saturated heterocycles. The molecule has 0 saturated carbocycles. The van der Waals surface area contributed by atoms with Crippen molar-refractivity contribution in [2.75, 3.05) is 0 Å². The van der Waals surface area contributed by atoms with Crippen molar-refractivity contribution in [2.24, 2.45) is 0 Å². The highest BCUT2D eigenvalue weighted by Gasteiger charge is 2.12. The fraction of sp³-hybridized carbons (Fsp3) is 0.125. The Bertz CT molecular complexity index is 299. The third-order valence-electron chi connectivity index (χ3n) is 1.54. The summed E-state index contributed by atoms with van der Waals surface area (Å²) in [6.45, 7) is 1.77. The zero-order valence-corrected chi connectivity index (χ0v) is 7.25. The molecule has 0 radical (unpaired) electrons. The summed E-state index contributed by atoms with van der Waals surface area (Å²) in [5.74, 6) is -0.616. The summed E-state index contributed by atoms with van der Waals surface area (Å²) in [6.07, 6.45) is 0. The Morgan fingerprint density at radius 3 is 2.58 bits per heavy atom. The predicted molar refractivity (Wildman–Crippen MR) is 45.0 cm³/mol. The quantitative estimate of drug-likeness (QED) is 0.413. The van der Waals surface area contributed by atoms with Crippen LogP contribution in [0.1, 0.15) is 15.9 Å². The highest BCUT2D eigenvalue weighted by molar-refractivity contribution is 6.23. The van der Waals surface area contributed by atoms with E-state index >= 15 is 0 Å². The van der Waals surface area contributed by atoms with E-state index in [1.54, 1.807) is 25.1 Å². The van der Waals surface area contributed by atoms with Crippen LogP contribution in [0.25, 0.3) is 0 Å². The molecular formula is C8H8ClNO2. The number of hydrogen-bond acceptors (Lipinski definition) is 2. The molecule has 1 rings (SSSR count). The van der Waals surface area contributed by atoms with E-state index in [2.05, 4.69) is 0 Å². The summed E-state index contributed by atoms with van der Waals surface area (Å²) in [5, 5.41) is 8.65. The molecule has 1 aromatic rings. The lowest BCUT2D eigenvalue weighted by atomic mass is 10.1. The van der Waals surface area contributed by atoms with E-state index in [1.807, 2.05) is 6.07 Å². The molecule has 1 aromatic carbocycles. The Hall–Kier alpha value is -1.06. The fourth-order valence-corrected chi connectivity index (χ4v) is 1.00. The smallest absolute Gasteiger partial charge is 0.270 e. The minimum atomic E-state index is -0.616. The number of carbonyl (C=O) groups is 1. The van der Waals surface area contributed by atoms with Crippen molar-refractivity contribution in [3.05, 3.63) is 35.4 Å². The summed E-state index contributed by atoms with van der Waals surface area (Å²) >= 11 is 5.07. The van der Waals surface area contributed by atoms with E-state index in [0.717, 1.165) is 5.56 Å². The number of carbonyl (C=O) groups excluding carboxylic acids is 1. The second kappa shape index (κ2) is 3.56. The largest absolute Gasteiger partial charge is 0.292 e. The van der Waals surface area contributed by atoms with Gasteiger partial charge in [0.05, 0.1) is 0 Å². The molecule has 0 aliphatic heterocycles. The van der Waals surface area contributed by atoms with Crippen LogP contribution in [-0.4, -0.2) is 15.7 Å². The molecule has 0 aliphatic rings. The van der Waals surface area contributed by atoms with Crippen LogP contribution < -0.4 is 0 Å².